The highest BCUT2D eigenvalue weighted by Crippen LogP contribution is 2.41. The van der Waals surface area contributed by atoms with Gasteiger partial charge in [-0.05, 0) is 75.7 Å². The molecule has 2 aromatic heterocycles. The summed E-state index contributed by atoms with van der Waals surface area (Å²) in [7, 11) is 0. The molecule has 2 nitrogen and oxygen atoms in total. The van der Waals surface area contributed by atoms with Gasteiger partial charge in [0, 0.05) is 33.7 Å². The summed E-state index contributed by atoms with van der Waals surface area (Å²) in [6, 6.07) is 49.7. The highest BCUT2D eigenvalue weighted by molar-refractivity contribution is 6.11. The molecule has 0 bridgehead atoms. The predicted octanol–water partition coefficient (Wildman–Crippen LogP) is 11.7. The van der Waals surface area contributed by atoms with Crippen molar-refractivity contribution in [2.45, 2.75) is 12.3 Å². The first-order valence-electron chi connectivity index (χ1n) is 15.2. The molecule has 0 N–H and O–H groups in total. The van der Waals surface area contributed by atoms with Gasteiger partial charge in [0.1, 0.15) is 22.5 Å². The van der Waals surface area contributed by atoms with E-state index in [1.807, 2.05) is 0 Å². The Morgan fingerprint density at radius 1 is 0.432 bits per heavy atom. The standard InChI is InChI=1S/C42H28O2/c1-3-9-27(10-4-1)29-13-7-15-31(21-29)33-17-19-39-35(23-33)37-25-38-36-24-34(18-20-40(36)44-42(38)26-41(37)43-39)32-16-8-14-30(22-32)28-11-5-2-6-12-28/h1-23,25-26,34H,24H2. The van der Waals surface area contributed by atoms with E-state index in [-0.39, 0.29) is 5.92 Å². The van der Waals surface area contributed by atoms with Crippen LogP contribution in [-0.2, 0) is 6.42 Å². The van der Waals surface area contributed by atoms with Crippen molar-refractivity contribution in [1.82, 2.24) is 0 Å². The van der Waals surface area contributed by atoms with Crippen LogP contribution in [0.2, 0.25) is 0 Å². The topological polar surface area (TPSA) is 26.3 Å². The van der Waals surface area contributed by atoms with Gasteiger partial charge in [-0.1, -0.05) is 115 Å². The summed E-state index contributed by atoms with van der Waals surface area (Å²) in [5.41, 5.74) is 12.5. The van der Waals surface area contributed by atoms with Crippen LogP contribution in [0.15, 0.2) is 154 Å². The molecule has 9 rings (SSSR count). The highest BCUT2D eigenvalue weighted by atomic mass is 16.3. The van der Waals surface area contributed by atoms with Crippen LogP contribution in [0.4, 0.5) is 0 Å². The summed E-state index contributed by atoms with van der Waals surface area (Å²) >= 11 is 0. The summed E-state index contributed by atoms with van der Waals surface area (Å²) in [4.78, 5) is 0. The van der Waals surface area contributed by atoms with Crippen LogP contribution in [0.3, 0.4) is 0 Å². The first-order chi connectivity index (χ1) is 21.8. The van der Waals surface area contributed by atoms with E-state index in [0.29, 0.717) is 0 Å². The van der Waals surface area contributed by atoms with E-state index in [9.17, 15) is 0 Å². The monoisotopic (exact) mass is 564 g/mol. The lowest BCUT2D eigenvalue weighted by Crippen LogP contribution is -2.04. The number of hydrogen-bond donors (Lipinski definition) is 0. The van der Waals surface area contributed by atoms with Gasteiger partial charge in [0.05, 0.1) is 0 Å². The number of hydrogen-bond acceptors (Lipinski definition) is 2. The molecular weight excluding hydrogens is 536 g/mol. The van der Waals surface area contributed by atoms with Gasteiger partial charge in [-0.3, -0.25) is 0 Å². The summed E-state index contributed by atoms with van der Waals surface area (Å²) in [6.45, 7) is 0. The minimum absolute atomic E-state index is 0.284. The van der Waals surface area contributed by atoms with E-state index in [1.165, 1.54) is 49.9 Å². The van der Waals surface area contributed by atoms with E-state index in [4.69, 9.17) is 8.83 Å². The van der Waals surface area contributed by atoms with E-state index in [2.05, 4.69) is 152 Å². The van der Waals surface area contributed by atoms with Gasteiger partial charge in [0.2, 0.25) is 0 Å². The van der Waals surface area contributed by atoms with Gasteiger partial charge in [-0.15, -0.1) is 0 Å². The molecule has 208 valence electrons. The number of fused-ring (bicyclic) bond motifs is 6. The molecule has 2 heterocycles. The van der Waals surface area contributed by atoms with Gasteiger partial charge in [0.25, 0.3) is 0 Å². The summed E-state index contributed by atoms with van der Waals surface area (Å²) < 4.78 is 12.7. The molecule has 0 amide bonds. The number of allylic oxidation sites excluding steroid dienone is 1. The van der Waals surface area contributed by atoms with E-state index in [1.54, 1.807) is 0 Å². The Labute approximate surface area is 255 Å². The fourth-order valence-corrected chi connectivity index (χ4v) is 6.77. The molecule has 1 aliphatic carbocycles. The molecule has 0 spiro atoms. The van der Waals surface area contributed by atoms with Crippen LogP contribution in [0.5, 0.6) is 0 Å². The SMILES string of the molecule is C1=CC(c2cccc(-c3ccccc3)c2)Cc2c1oc1cc3oc4ccc(-c5cccc(-c6ccccc6)c5)cc4c3cc21. The summed E-state index contributed by atoms with van der Waals surface area (Å²) in [6.07, 6.45) is 5.33. The molecule has 44 heavy (non-hydrogen) atoms. The van der Waals surface area contributed by atoms with Crippen molar-refractivity contribution < 1.29 is 8.83 Å². The Morgan fingerprint density at radius 3 is 1.82 bits per heavy atom. The van der Waals surface area contributed by atoms with E-state index < -0.39 is 0 Å². The summed E-state index contributed by atoms with van der Waals surface area (Å²) in [5.74, 6) is 1.23. The molecule has 8 aromatic rings. The predicted molar refractivity (Wildman–Crippen MR) is 182 cm³/mol. The minimum Gasteiger partial charge on any atom is -0.456 e. The maximum atomic E-state index is 6.37. The zero-order chi connectivity index (χ0) is 29.0. The van der Waals surface area contributed by atoms with Crippen LogP contribution >= 0.6 is 0 Å². The van der Waals surface area contributed by atoms with Crippen LogP contribution in [0.25, 0.3) is 72.4 Å². The third kappa shape index (κ3) is 4.19. The Balaban J connectivity index is 1.11. The van der Waals surface area contributed by atoms with Crippen LogP contribution in [0, 0.1) is 0 Å². The van der Waals surface area contributed by atoms with Crippen molar-refractivity contribution in [3.05, 3.63) is 162 Å². The maximum absolute atomic E-state index is 6.37. The van der Waals surface area contributed by atoms with Crippen molar-refractivity contribution >= 4 is 39.0 Å². The Hall–Kier alpha value is -5.60. The molecule has 1 atom stereocenters. The lowest BCUT2D eigenvalue weighted by atomic mass is 9.85. The molecular formula is C42H28O2. The summed E-state index contributed by atoms with van der Waals surface area (Å²) in [5, 5.41) is 3.41. The normalized spacial score (nSPS) is 14.4. The van der Waals surface area contributed by atoms with Crippen molar-refractivity contribution in [3.8, 4) is 33.4 Å². The van der Waals surface area contributed by atoms with Gasteiger partial charge in [0.15, 0.2) is 0 Å². The zero-order valence-corrected chi connectivity index (χ0v) is 24.0. The van der Waals surface area contributed by atoms with Crippen LogP contribution in [0.1, 0.15) is 22.8 Å². The minimum atomic E-state index is 0.284. The third-order valence-electron chi connectivity index (χ3n) is 9.04. The average molecular weight is 565 g/mol. The fraction of sp³-hybridized carbons (Fsp3) is 0.0476. The lowest BCUT2D eigenvalue weighted by Gasteiger charge is -2.18. The zero-order valence-electron chi connectivity index (χ0n) is 24.0. The first-order valence-corrected chi connectivity index (χ1v) is 15.2. The van der Waals surface area contributed by atoms with Crippen LogP contribution in [-0.4, -0.2) is 0 Å². The van der Waals surface area contributed by atoms with Crippen LogP contribution < -0.4 is 0 Å². The average Bonchev–Trinajstić information content (AvgIpc) is 3.64. The Morgan fingerprint density at radius 2 is 1.05 bits per heavy atom. The lowest BCUT2D eigenvalue weighted by molar-refractivity contribution is 0.590. The van der Waals surface area contributed by atoms with Gasteiger partial charge in [-0.25, -0.2) is 0 Å². The maximum Gasteiger partial charge on any atom is 0.139 e. The van der Waals surface area contributed by atoms with Gasteiger partial charge in [-0.2, -0.15) is 0 Å². The molecule has 0 radical (unpaired) electrons. The largest absolute Gasteiger partial charge is 0.456 e. The Bertz CT molecular complexity index is 2350. The molecule has 1 unspecified atom stereocenters. The van der Waals surface area contributed by atoms with Crippen molar-refractivity contribution in [2.75, 3.05) is 0 Å². The number of furan rings is 2. The second kappa shape index (κ2) is 10.00. The Kier molecular flexibility index (Phi) is 5.67. The van der Waals surface area contributed by atoms with Crippen molar-refractivity contribution in [2.24, 2.45) is 0 Å². The second-order valence-corrected chi connectivity index (χ2v) is 11.7. The first kappa shape index (κ1) is 24.9. The third-order valence-corrected chi connectivity index (χ3v) is 9.04. The number of benzene rings is 6. The van der Waals surface area contributed by atoms with Gasteiger partial charge >= 0.3 is 0 Å². The highest BCUT2D eigenvalue weighted by Gasteiger charge is 2.23. The fourth-order valence-electron chi connectivity index (χ4n) is 6.77. The smallest absolute Gasteiger partial charge is 0.139 e. The van der Waals surface area contributed by atoms with Crippen molar-refractivity contribution in [1.29, 1.82) is 0 Å². The van der Waals surface area contributed by atoms with Gasteiger partial charge < -0.3 is 8.83 Å². The second-order valence-electron chi connectivity index (χ2n) is 11.7. The molecule has 2 heteroatoms. The molecule has 1 aliphatic rings. The molecule has 0 aliphatic heterocycles. The van der Waals surface area contributed by atoms with E-state index in [0.717, 1.165) is 39.7 Å². The molecule has 6 aromatic carbocycles. The quantitative estimate of drug-likeness (QED) is 0.212. The number of rotatable bonds is 4. The van der Waals surface area contributed by atoms with E-state index >= 15 is 0 Å². The molecule has 0 saturated carbocycles. The molecule has 0 saturated heterocycles. The molecule has 0 fully saturated rings. The van der Waals surface area contributed by atoms with Crippen molar-refractivity contribution in [3.63, 3.8) is 0 Å².